The molecule has 3 N–H and O–H groups in total. The van der Waals surface area contributed by atoms with Crippen LogP contribution in [-0.2, 0) is 11.6 Å². The van der Waals surface area contributed by atoms with E-state index < -0.39 is 11.7 Å². The van der Waals surface area contributed by atoms with Crippen molar-refractivity contribution in [3.63, 3.8) is 0 Å². The fourth-order valence-corrected chi connectivity index (χ4v) is 2.55. The highest BCUT2D eigenvalue weighted by molar-refractivity contribution is 5.91. The lowest BCUT2D eigenvalue weighted by molar-refractivity contribution is -0.137. The van der Waals surface area contributed by atoms with E-state index in [9.17, 15) is 13.2 Å². The van der Waals surface area contributed by atoms with Crippen LogP contribution >= 0.6 is 0 Å². The average Bonchev–Trinajstić information content (AvgIpc) is 3.35. The van der Waals surface area contributed by atoms with Gasteiger partial charge in [0.1, 0.15) is 5.82 Å². The quantitative estimate of drug-likeness (QED) is 0.664. The van der Waals surface area contributed by atoms with Gasteiger partial charge in [0.25, 0.3) is 0 Å². The number of rotatable bonds is 4. The first-order chi connectivity index (χ1) is 11.4. The predicted molar refractivity (Wildman–Crippen MR) is 86.7 cm³/mol. The number of aromatic nitrogens is 1. The SMILES string of the molecule is NC(=NCC1(c2ccc(C(F)(F)F)cc2)CC1)Nc1ccccn1. The molecule has 24 heavy (non-hydrogen) atoms. The van der Waals surface area contributed by atoms with Crippen LogP contribution in [0.5, 0.6) is 0 Å². The van der Waals surface area contributed by atoms with E-state index in [4.69, 9.17) is 5.73 Å². The molecule has 0 aliphatic heterocycles. The number of halogens is 3. The molecule has 1 aliphatic rings. The molecule has 1 aromatic carbocycles. The van der Waals surface area contributed by atoms with Gasteiger partial charge in [0.05, 0.1) is 12.1 Å². The minimum Gasteiger partial charge on any atom is -0.370 e. The number of guanidine groups is 1. The monoisotopic (exact) mass is 334 g/mol. The van der Waals surface area contributed by atoms with Gasteiger partial charge in [0, 0.05) is 11.6 Å². The standard InChI is InChI=1S/C17H17F3N4/c18-17(19,20)13-6-4-12(5-7-13)16(8-9-16)11-23-15(21)24-14-3-1-2-10-22-14/h1-7,10H,8-9,11H2,(H3,21,22,23,24). The fraction of sp³-hybridized carbons (Fsp3) is 0.294. The number of hydrogen-bond donors (Lipinski definition) is 2. The summed E-state index contributed by atoms with van der Waals surface area (Å²) in [5.41, 5.74) is 5.87. The van der Waals surface area contributed by atoms with Crippen molar-refractivity contribution in [1.29, 1.82) is 0 Å². The van der Waals surface area contributed by atoms with E-state index in [0.29, 0.717) is 12.4 Å². The molecule has 1 aliphatic carbocycles. The van der Waals surface area contributed by atoms with Crippen molar-refractivity contribution in [2.75, 3.05) is 11.9 Å². The minimum absolute atomic E-state index is 0.208. The molecule has 126 valence electrons. The van der Waals surface area contributed by atoms with E-state index in [-0.39, 0.29) is 11.4 Å². The van der Waals surface area contributed by atoms with Crippen LogP contribution in [0.25, 0.3) is 0 Å². The fourth-order valence-electron chi connectivity index (χ4n) is 2.55. The Bertz CT molecular complexity index is 720. The van der Waals surface area contributed by atoms with Crippen molar-refractivity contribution in [3.05, 3.63) is 59.8 Å². The zero-order chi connectivity index (χ0) is 17.2. The molecule has 0 spiro atoms. The average molecular weight is 334 g/mol. The second-order valence-electron chi connectivity index (χ2n) is 5.90. The third-order valence-electron chi connectivity index (χ3n) is 4.15. The number of benzene rings is 1. The van der Waals surface area contributed by atoms with Gasteiger partial charge in [-0.2, -0.15) is 13.2 Å². The van der Waals surface area contributed by atoms with E-state index in [0.717, 1.165) is 30.5 Å². The highest BCUT2D eigenvalue weighted by Gasteiger charge is 2.44. The van der Waals surface area contributed by atoms with Crippen LogP contribution in [0.15, 0.2) is 53.7 Å². The van der Waals surface area contributed by atoms with Crippen LogP contribution in [-0.4, -0.2) is 17.5 Å². The Morgan fingerprint density at radius 2 is 1.88 bits per heavy atom. The maximum absolute atomic E-state index is 12.6. The predicted octanol–water partition coefficient (Wildman–Crippen LogP) is 3.56. The van der Waals surface area contributed by atoms with Crippen molar-refractivity contribution >= 4 is 11.8 Å². The maximum atomic E-state index is 12.6. The number of anilines is 1. The van der Waals surface area contributed by atoms with E-state index in [1.807, 2.05) is 6.07 Å². The van der Waals surface area contributed by atoms with E-state index in [1.165, 1.54) is 12.1 Å². The van der Waals surface area contributed by atoms with E-state index in [1.54, 1.807) is 18.3 Å². The summed E-state index contributed by atoms with van der Waals surface area (Å²) in [6.07, 6.45) is -0.901. The first-order valence-electron chi connectivity index (χ1n) is 7.55. The third kappa shape index (κ3) is 3.67. The largest absolute Gasteiger partial charge is 0.416 e. The Morgan fingerprint density at radius 3 is 2.42 bits per heavy atom. The van der Waals surface area contributed by atoms with Crippen LogP contribution in [0.2, 0.25) is 0 Å². The van der Waals surface area contributed by atoms with Gasteiger partial charge < -0.3 is 11.1 Å². The lowest BCUT2D eigenvalue weighted by atomic mass is 9.95. The Hall–Kier alpha value is -2.57. The van der Waals surface area contributed by atoms with Crippen molar-refractivity contribution < 1.29 is 13.2 Å². The lowest BCUT2D eigenvalue weighted by Gasteiger charge is -2.15. The number of aliphatic imine (C=N–C) groups is 1. The lowest BCUT2D eigenvalue weighted by Crippen LogP contribution is -2.25. The Labute approximate surface area is 137 Å². The van der Waals surface area contributed by atoms with Crippen LogP contribution in [0, 0.1) is 0 Å². The number of alkyl halides is 3. The molecule has 1 heterocycles. The molecule has 7 heteroatoms. The van der Waals surface area contributed by atoms with Crippen molar-refractivity contribution in [3.8, 4) is 0 Å². The molecule has 1 fully saturated rings. The Kier molecular flexibility index (Phi) is 4.17. The van der Waals surface area contributed by atoms with E-state index in [2.05, 4.69) is 15.3 Å². The first kappa shape index (κ1) is 16.3. The zero-order valence-corrected chi connectivity index (χ0v) is 12.8. The summed E-state index contributed by atoms with van der Waals surface area (Å²) < 4.78 is 37.9. The molecule has 1 aromatic heterocycles. The summed E-state index contributed by atoms with van der Waals surface area (Å²) in [7, 11) is 0. The van der Waals surface area contributed by atoms with Crippen molar-refractivity contribution in [1.82, 2.24) is 4.98 Å². The molecule has 3 rings (SSSR count). The van der Waals surface area contributed by atoms with Gasteiger partial charge in [-0.3, -0.25) is 4.99 Å². The smallest absolute Gasteiger partial charge is 0.370 e. The Balaban J connectivity index is 1.67. The second kappa shape index (κ2) is 6.14. The molecular weight excluding hydrogens is 317 g/mol. The molecule has 0 amide bonds. The summed E-state index contributed by atoms with van der Waals surface area (Å²) in [6, 6.07) is 10.7. The molecule has 0 saturated heterocycles. The number of pyridine rings is 1. The zero-order valence-electron chi connectivity index (χ0n) is 12.8. The van der Waals surface area contributed by atoms with Crippen LogP contribution in [0.3, 0.4) is 0 Å². The van der Waals surface area contributed by atoms with Gasteiger partial charge in [-0.15, -0.1) is 0 Å². The third-order valence-corrected chi connectivity index (χ3v) is 4.15. The van der Waals surface area contributed by atoms with Crippen molar-refractivity contribution in [2.24, 2.45) is 10.7 Å². The van der Waals surface area contributed by atoms with Crippen LogP contribution in [0.4, 0.5) is 19.0 Å². The Morgan fingerprint density at radius 1 is 1.17 bits per heavy atom. The molecule has 0 radical (unpaired) electrons. The molecule has 1 saturated carbocycles. The van der Waals surface area contributed by atoms with Gasteiger partial charge in [-0.05, 0) is 42.7 Å². The molecular formula is C17H17F3N4. The van der Waals surface area contributed by atoms with Gasteiger partial charge in [-0.25, -0.2) is 4.98 Å². The summed E-state index contributed by atoms with van der Waals surface area (Å²) >= 11 is 0. The number of hydrogen-bond acceptors (Lipinski definition) is 2. The van der Waals surface area contributed by atoms with Crippen molar-refractivity contribution in [2.45, 2.75) is 24.4 Å². The number of nitrogens with one attached hydrogen (secondary N) is 1. The number of nitrogens with two attached hydrogens (primary N) is 1. The van der Waals surface area contributed by atoms with Gasteiger partial charge >= 0.3 is 6.18 Å². The van der Waals surface area contributed by atoms with Gasteiger partial charge in [0.15, 0.2) is 5.96 Å². The summed E-state index contributed by atoms with van der Waals surface area (Å²) in [5, 5.41) is 2.89. The highest BCUT2D eigenvalue weighted by atomic mass is 19.4. The molecule has 4 nitrogen and oxygen atoms in total. The molecule has 0 atom stereocenters. The molecule has 0 bridgehead atoms. The normalized spacial score (nSPS) is 16.7. The summed E-state index contributed by atoms with van der Waals surface area (Å²) in [5.74, 6) is 0.838. The minimum atomic E-state index is -4.32. The highest BCUT2D eigenvalue weighted by Crippen LogP contribution is 2.48. The summed E-state index contributed by atoms with van der Waals surface area (Å²) in [6.45, 7) is 0.435. The topological polar surface area (TPSA) is 63.3 Å². The molecule has 0 unspecified atom stereocenters. The van der Waals surface area contributed by atoms with Crippen LogP contribution < -0.4 is 11.1 Å². The van der Waals surface area contributed by atoms with Gasteiger partial charge in [0.2, 0.25) is 0 Å². The van der Waals surface area contributed by atoms with Gasteiger partial charge in [-0.1, -0.05) is 18.2 Å². The number of nitrogens with zero attached hydrogens (tertiary/aromatic N) is 2. The maximum Gasteiger partial charge on any atom is 0.416 e. The second-order valence-corrected chi connectivity index (χ2v) is 5.90. The van der Waals surface area contributed by atoms with Crippen LogP contribution in [0.1, 0.15) is 24.0 Å². The first-order valence-corrected chi connectivity index (χ1v) is 7.55. The molecule has 2 aromatic rings. The summed E-state index contributed by atoms with van der Waals surface area (Å²) in [4.78, 5) is 8.41. The van der Waals surface area contributed by atoms with E-state index >= 15 is 0 Å².